The molecule has 0 aromatic carbocycles. The summed E-state index contributed by atoms with van der Waals surface area (Å²) in [5.74, 6) is -0.0605. The third-order valence-corrected chi connectivity index (χ3v) is 4.36. The van der Waals surface area contributed by atoms with Gasteiger partial charge in [0.1, 0.15) is 16.9 Å². The van der Waals surface area contributed by atoms with Crippen LogP contribution in [0.25, 0.3) is 0 Å². The SMILES string of the molecule is Cc1nn(C)c(N2CC(S(N)(=O)=O)CC2=O)c1C#N. The Hall–Kier alpha value is -1.92. The first-order valence-electron chi connectivity index (χ1n) is 5.51. The molecule has 1 amide bonds. The number of nitrogens with zero attached hydrogens (tertiary/aromatic N) is 4. The molecule has 102 valence electrons. The van der Waals surface area contributed by atoms with Crippen LogP contribution in [0.15, 0.2) is 0 Å². The Bertz CT molecular complexity index is 685. The summed E-state index contributed by atoms with van der Waals surface area (Å²) in [6.45, 7) is 1.60. The number of carbonyl (C=O) groups excluding carboxylic acids is 1. The zero-order valence-corrected chi connectivity index (χ0v) is 11.3. The van der Waals surface area contributed by atoms with E-state index in [1.165, 1.54) is 9.58 Å². The summed E-state index contributed by atoms with van der Waals surface area (Å²) in [6.07, 6.45) is -0.173. The lowest BCUT2D eigenvalue weighted by Crippen LogP contribution is -2.33. The van der Waals surface area contributed by atoms with Gasteiger partial charge in [-0.3, -0.25) is 14.4 Å². The van der Waals surface area contributed by atoms with Crippen molar-refractivity contribution in [2.45, 2.75) is 18.6 Å². The Balaban J connectivity index is 2.45. The number of rotatable bonds is 2. The van der Waals surface area contributed by atoms with E-state index in [0.717, 1.165) is 0 Å². The van der Waals surface area contributed by atoms with Crippen molar-refractivity contribution < 1.29 is 13.2 Å². The fourth-order valence-electron chi connectivity index (χ4n) is 2.19. The highest BCUT2D eigenvalue weighted by molar-refractivity contribution is 7.89. The van der Waals surface area contributed by atoms with E-state index >= 15 is 0 Å². The van der Waals surface area contributed by atoms with Gasteiger partial charge >= 0.3 is 0 Å². The number of sulfonamides is 1. The Labute approximate surface area is 110 Å². The first kappa shape index (κ1) is 13.5. The summed E-state index contributed by atoms with van der Waals surface area (Å²) in [6, 6.07) is 1.98. The van der Waals surface area contributed by atoms with Gasteiger partial charge in [0.15, 0.2) is 5.82 Å². The maximum absolute atomic E-state index is 11.9. The molecule has 1 aromatic heterocycles. The molecule has 1 fully saturated rings. The lowest BCUT2D eigenvalue weighted by molar-refractivity contribution is -0.117. The molecule has 19 heavy (non-hydrogen) atoms. The van der Waals surface area contributed by atoms with Gasteiger partial charge in [0, 0.05) is 20.0 Å². The molecule has 0 spiro atoms. The lowest BCUT2D eigenvalue weighted by Gasteiger charge is -2.16. The van der Waals surface area contributed by atoms with E-state index in [1.54, 1.807) is 14.0 Å². The zero-order valence-electron chi connectivity index (χ0n) is 10.5. The van der Waals surface area contributed by atoms with Crippen LogP contribution in [0.5, 0.6) is 0 Å². The van der Waals surface area contributed by atoms with Crippen LogP contribution in [0.1, 0.15) is 17.7 Å². The van der Waals surface area contributed by atoms with E-state index in [-0.39, 0.29) is 24.4 Å². The molecule has 9 heteroatoms. The van der Waals surface area contributed by atoms with Crippen LogP contribution >= 0.6 is 0 Å². The van der Waals surface area contributed by atoms with Crippen LogP contribution in [-0.2, 0) is 21.9 Å². The number of primary sulfonamides is 1. The number of aromatic nitrogens is 2. The summed E-state index contributed by atoms with van der Waals surface area (Å²) in [7, 11) is -2.18. The summed E-state index contributed by atoms with van der Waals surface area (Å²) in [5.41, 5.74) is 0.762. The molecule has 1 saturated heterocycles. The zero-order chi connectivity index (χ0) is 14.4. The van der Waals surface area contributed by atoms with Crippen molar-refractivity contribution >= 4 is 21.7 Å². The number of hydrogen-bond donors (Lipinski definition) is 1. The average Bonchev–Trinajstić information content (AvgIpc) is 2.78. The van der Waals surface area contributed by atoms with Gasteiger partial charge in [0.25, 0.3) is 0 Å². The second kappa shape index (κ2) is 4.32. The van der Waals surface area contributed by atoms with Gasteiger partial charge in [-0.25, -0.2) is 13.6 Å². The number of aryl methyl sites for hydroxylation is 2. The van der Waals surface area contributed by atoms with Crippen molar-refractivity contribution in [2.24, 2.45) is 12.2 Å². The summed E-state index contributed by atoms with van der Waals surface area (Å²) in [5, 5.41) is 17.3. The molecule has 1 atom stereocenters. The fraction of sp³-hybridized carbons (Fsp3) is 0.500. The van der Waals surface area contributed by atoms with E-state index in [2.05, 4.69) is 5.10 Å². The van der Waals surface area contributed by atoms with Crippen molar-refractivity contribution in [2.75, 3.05) is 11.4 Å². The molecule has 0 aliphatic carbocycles. The number of nitrogens with two attached hydrogens (primary N) is 1. The lowest BCUT2D eigenvalue weighted by atomic mass is 10.2. The minimum absolute atomic E-state index is 0.0503. The number of hydrogen-bond acceptors (Lipinski definition) is 5. The van der Waals surface area contributed by atoms with Gasteiger partial charge in [-0.15, -0.1) is 0 Å². The van der Waals surface area contributed by atoms with E-state index in [1.807, 2.05) is 6.07 Å². The Morgan fingerprint density at radius 2 is 2.16 bits per heavy atom. The molecule has 1 aromatic rings. The number of amides is 1. The molecule has 0 bridgehead atoms. The topological polar surface area (TPSA) is 122 Å². The standard InChI is InChI=1S/C10H13N5O3S/c1-6-8(4-11)10(14(2)13-6)15-5-7(3-9(15)16)19(12,17)18/h7H,3,5H2,1-2H3,(H2,12,17,18). The molecule has 1 aliphatic rings. The molecule has 2 rings (SSSR count). The van der Waals surface area contributed by atoms with Crippen LogP contribution in [0.3, 0.4) is 0 Å². The Morgan fingerprint density at radius 1 is 1.53 bits per heavy atom. The van der Waals surface area contributed by atoms with Crippen molar-refractivity contribution in [3.63, 3.8) is 0 Å². The Morgan fingerprint density at radius 3 is 2.63 bits per heavy atom. The number of anilines is 1. The summed E-state index contributed by atoms with van der Waals surface area (Å²) < 4.78 is 24.0. The molecular formula is C10H13N5O3S. The largest absolute Gasteiger partial charge is 0.295 e. The molecule has 0 radical (unpaired) electrons. The molecule has 0 saturated carbocycles. The van der Waals surface area contributed by atoms with Gasteiger partial charge in [0.2, 0.25) is 15.9 Å². The van der Waals surface area contributed by atoms with E-state index in [0.29, 0.717) is 11.5 Å². The third-order valence-electron chi connectivity index (χ3n) is 3.11. The van der Waals surface area contributed by atoms with Crippen molar-refractivity contribution in [3.05, 3.63) is 11.3 Å². The molecule has 1 aliphatic heterocycles. The summed E-state index contributed by atoms with van der Waals surface area (Å²) in [4.78, 5) is 13.2. The Kier molecular flexibility index (Phi) is 3.07. The first-order valence-corrected chi connectivity index (χ1v) is 7.12. The van der Waals surface area contributed by atoms with Crippen molar-refractivity contribution in [1.82, 2.24) is 9.78 Å². The maximum Gasteiger partial charge on any atom is 0.229 e. The van der Waals surface area contributed by atoms with Crippen molar-refractivity contribution in [3.8, 4) is 6.07 Å². The number of nitriles is 1. The van der Waals surface area contributed by atoms with Crippen LogP contribution < -0.4 is 10.0 Å². The molecule has 8 nitrogen and oxygen atoms in total. The van der Waals surface area contributed by atoms with Crippen molar-refractivity contribution in [1.29, 1.82) is 5.26 Å². The third kappa shape index (κ3) is 2.20. The van der Waals surface area contributed by atoms with Gasteiger partial charge in [0.05, 0.1) is 5.69 Å². The fourth-order valence-corrected chi connectivity index (χ4v) is 2.92. The summed E-state index contributed by atoms with van der Waals surface area (Å²) >= 11 is 0. The van der Waals surface area contributed by atoms with Gasteiger partial charge in [-0.2, -0.15) is 10.4 Å². The molecular weight excluding hydrogens is 270 g/mol. The van der Waals surface area contributed by atoms with Crippen LogP contribution in [-0.4, -0.2) is 35.9 Å². The van der Waals surface area contributed by atoms with Gasteiger partial charge in [-0.1, -0.05) is 0 Å². The first-order chi connectivity index (χ1) is 8.75. The van der Waals surface area contributed by atoms with Gasteiger partial charge in [-0.05, 0) is 6.92 Å². The smallest absolute Gasteiger partial charge is 0.229 e. The molecule has 2 N–H and O–H groups in total. The minimum Gasteiger partial charge on any atom is -0.295 e. The van der Waals surface area contributed by atoms with E-state index < -0.39 is 15.3 Å². The second-order valence-electron chi connectivity index (χ2n) is 4.44. The normalized spacial score (nSPS) is 19.8. The van der Waals surface area contributed by atoms with E-state index in [9.17, 15) is 13.2 Å². The van der Waals surface area contributed by atoms with Crippen LogP contribution in [0.4, 0.5) is 5.82 Å². The highest BCUT2D eigenvalue weighted by atomic mass is 32.2. The van der Waals surface area contributed by atoms with Gasteiger partial charge < -0.3 is 0 Å². The number of carbonyl (C=O) groups is 1. The predicted molar refractivity (Wildman–Crippen MR) is 66.5 cm³/mol. The molecule has 1 unspecified atom stereocenters. The highest BCUT2D eigenvalue weighted by Gasteiger charge is 2.39. The van der Waals surface area contributed by atoms with Crippen LogP contribution in [0, 0.1) is 18.3 Å². The average molecular weight is 283 g/mol. The van der Waals surface area contributed by atoms with E-state index in [4.69, 9.17) is 10.4 Å². The minimum atomic E-state index is -3.78. The highest BCUT2D eigenvalue weighted by Crippen LogP contribution is 2.28. The van der Waals surface area contributed by atoms with Crippen LogP contribution in [0.2, 0.25) is 0 Å². The quantitative estimate of drug-likeness (QED) is 0.745. The second-order valence-corrected chi connectivity index (χ2v) is 6.28. The monoisotopic (exact) mass is 283 g/mol. The predicted octanol–water partition coefficient (Wildman–Crippen LogP) is -1.01. The molecule has 2 heterocycles. The maximum atomic E-state index is 11.9.